The second kappa shape index (κ2) is 6.43. The van der Waals surface area contributed by atoms with Crippen LogP contribution in [0.1, 0.15) is 47.0 Å². The van der Waals surface area contributed by atoms with Gasteiger partial charge in [-0.1, -0.05) is 27.2 Å². The highest BCUT2D eigenvalue weighted by molar-refractivity contribution is 7.80. The molecular formula is C13H26N2S. The summed E-state index contributed by atoms with van der Waals surface area (Å²) in [5, 5.41) is 4.34. The van der Waals surface area contributed by atoms with Crippen LogP contribution in [0.4, 0.5) is 0 Å². The van der Waals surface area contributed by atoms with Crippen molar-refractivity contribution in [2.45, 2.75) is 53.0 Å². The Morgan fingerprint density at radius 2 is 2.06 bits per heavy atom. The van der Waals surface area contributed by atoms with Crippen LogP contribution in [0.15, 0.2) is 0 Å². The fraction of sp³-hybridized carbons (Fsp3) is 0.923. The summed E-state index contributed by atoms with van der Waals surface area (Å²) in [6.45, 7) is 11.3. The quantitative estimate of drug-likeness (QED) is 0.605. The van der Waals surface area contributed by atoms with Gasteiger partial charge in [-0.15, -0.1) is 0 Å². The van der Waals surface area contributed by atoms with E-state index in [4.69, 9.17) is 12.2 Å². The topological polar surface area (TPSA) is 15.3 Å². The lowest BCUT2D eigenvalue weighted by atomic mass is 9.86. The van der Waals surface area contributed by atoms with Crippen LogP contribution in [-0.2, 0) is 0 Å². The van der Waals surface area contributed by atoms with Crippen molar-refractivity contribution in [3.8, 4) is 0 Å². The first-order chi connectivity index (χ1) is 7.56. The van der Waals surface area contributed by atoms with Crippen molar-refractivity contribution in [2.24, 2.45) is 11.8 Å². The maximum Gasteiger partial charge on any atom is 0.169 e. The van der Waals surface area contributed by atoms with Gasteiger partial charge in [0, 0.05) is 19.1 Å². The van der Waals surface area contributed by atoms with Gasteiger partial charge < -0.3 is 10.2 Å². The molecule has 1 aliphatic heterocycles. The van der Waals surface area contributed by atoms with Crippen LogP contribution in [0.2, 0.25) is 0 Å². The molecule has 3 heteroatoms. The van der Waals surface area contributed by atoms with Gasteiger partial charge in [0.15, 0.2) is 5.11 Å². The maximum absolute atomic E-state index is 5.49. The Labute approximate surface area is 106 Å². The summed E-state index contributed by atoms with van der Waals surface area (Å²) in [7, 11) is 0. The summed E-state index contributed by atoms with van der Waals surface area (Å²) in [5.74, 6) is 1.51. The molecule has 16 heavy (non-hydrogen) atoms. The first kappa shape index (κ1) is 13.8. The zero-order valence-corrected chi connectivity index (χ0v) is 11.9. The monoisotopic (exact) mass is 242 g/mol. The second-order valence-corrected chi connectivity index (χ2v) is 5.68. The molecular weight excluding hydrogens is 216 g/mol. The number of thiocarbonyl (C=S) groups is 1. The number of unbranched alkanes of at least 4 members (excludes halogenated alkanes) is 1. The van der Waals surface area contributed by atoms with Gasteiger partial charge in [-0.25, -0.2) is 0 Å². The Balaban J connectivity index is 2.46. The minimum absolute atomic E-state index is 0.581. The molecule has 1 aliphatic rings. The fourth-order valence-electron chi connectivity index (χ4n) is 2.46. The molecule has 0 bridgehead atoms. The van der Waals surface area contributed by atoms with Gasteiger partial charge >= 0.3 is 0 Å². The lowest BCUT2D eigenvalue weighted by molar-refractivity contribution is 0.145. The van der Waals surface area contributed by atoms with E-state index in [1.54, 1.807) is 0 Å². The van der Waals surface area contributed by atoms with Crippen molar-refractivity contribution in [1.82, 2.24) is 10.2 Å². The molecule has 0 aromatic carbocycles. The van der Waals surface area contributed by atoms with Crippen molar-refractivity contribution in [2.75, 3.05) is 13.1 Å². The molecule has 3 atom stereocenters. The molecule has 1 N–H and O–H groups in total. The van der Waals surface area contributed by atoms with E-state index in [0.717, 1.165) is 30.0 Å². The Bertz CT molecular complexity index is 230. The van der Waals surface area contributed by atoms with Gasteiger partial charge in [-0.3, -0.25) is 0 Å². The summed E-state index contributed by atoms with van der Waals surface area (Å²) < 4.78 is 0. The van der Waals surface area contributed by atoms with Crippen LogP contribution >= 0.6 is 12.2 Å². The predicted octanol–water partition coefficient (Wildman–Crippen LogP) is 3.03. The average Bonchev–Trinajstić information content (AvgIpc) is 2.23. The van der Waals surface area contributed by atoms with Crippen LogP contribution in [0, 0.1) is 11.8 Å². The molecule has 0 radical (unpaired) electrons. The van der Waals surface area contributed by atoms with Crippen LogP contribution in [0.25, 0.3) is 0 Å². The Morgan fingerprint density at radius 1 is 1.38 bits per heavy atom. The third kappa shape index (κ3) is 3.62. The zero-order valence-electron chi connectivity index (χ0n) is 11.1. The number of hydrogen-bond acceptors (Lipinski definition) is 1. The average molecular weight is 242 g/mol. The summed E-state index contributed by atoms with van der Waals surface area (Å²) in [6.07, 6.45) is 3.75. The Kier molecular flexibility index (Phi) is 5.53. The predicted molar refractivity (Wildman–Crippen MR) is 74.6 cm³/mol. The van der Waals surface area contributed by atoms with Crippen molar-refractivity contribution in [1.29, 1.82) is 0 Å². The van der Waals surface area contributed by atoms with E-state index in [1.807, 2.05) is 0 Å². The zero-order chi connectivity index (χ0) is 12.1. The van der Waals surface area contributed by atoms with Gasteiger partial charge in [0.25, 0.3) is 0 Å². The summed E-state index contributed by atoms with van der Waals surface area (Å²) in [6, 6.07) is 0.581. The molecule has 94 valence electrons. The number of rotatable bonds is 3. The van der Waals surface area contributed by atoms with E-state index >= 15 is 0 Å². The molecule has 0 spiro atoms. The highest BCUT2D eigenvalue weighted by Crippen LogP contribution is 2.26. The molecule has 1 saturated heterocycles. The van der Waals surface area contributed by atoms with Gasteiger partial charge in [0.05, 0.1) is 0 Å². The third-order valence-corrected chi connectivity index (χ3v) is 4.04. The van der Waals surface area contributed by atoms with E-state index in [9.17, 15) is 0 Å². The molecule has 0 amide bonds. The number of nitrogens with zero attached hydrogens (tertiary/aromatic N) is 1. The van der Waals surface area contributed by atoms with E-state index in [1.165, 1.54) is 19.3 Å². The summed E-state index contributed by atoms with van der Waals surface area (Å²) in [5.41, 5.74) is 0. The molecule has 3 unspecified atom stereocenters. The first-order valence-corrected chi connectivity index (χ1v) is 7.01. The largest absolute Gasteiger partial charge is 0.363 e. The van der Waals surface area contributed by atoms with Crippen LogP contribution < -0.4 is 5.32 Å². The lowest BCUT2D eigenvalue weighted by Gasteiger charge is -2.42. The number of hydrogen-bond donors (Lipinski definition) is 1. The minimum atomic E-state index is 0.581. The molecule has 1 heterocycles. The smallest absolute Gasteiger partial charge is 0.169 e. The van der Waals surface area contributed by atoms with Gasteiger partial charge in [0.1, 0.15) is 0 Å². The number of likely N-dealkylation sites (tertiary alicyclic amines) is 1. The highest BCUT2D eigenvalue weighted by atomic mass is 32.1. The van der Waals surface area contributed by atoms with E-state index in [0.29, 0.717) is 6.04 Å². The molecule has 0 saturated carbocycles. The SMILES string of the molecule is CCCCNC(=S)N1CC(C)CC(C)C1C. The normalized spacial score (nSPS) is 30.2. The standard InChI is InChI=1S/C13H26N2S/c1-5-6-7-14-13(16)15-9-10(2)8-11(3)12(15)4/h10-12H,5-9H2,1-4H3,(H,14,16). The number of piperidine rings is 1. The molecule has 1 rings (SSSR count). The lowest BCUT2D eigenvalue weighted by Crippen LogP contribution is -2.52. The molecule has 2 nitrogen and oxygen atoms in total. The summed E-state index contributed by atoms with van der Waals surface area (Å²) in [4.78, 5) is 2.38. The molecule has 0 aromatic rings. The minimum Gasteiger partial charge on any atom is -0.363 e. The van der Waals surface area contributed by atoms with Crippen molar-refractivity contribution >= 4 is 17.3 Å². The third-order valence-electron chi connectivity index (χ3n) is 3.67. The van der Waals surface area contributed by atoms with Crippen molar-refractivity contribution < 1.29 is 0 Å². The van der Waals surface area contributed by atoms with Crippen LogP contribution in [0.3, 0.4) is 0 Å². The van der Waals surface area contributed by atoms with Gasteiger partial charge in [-0.05, 0) is 43.8 Å². The molecule has 1 fully saturated rings. The van der Waals surface area contributed by atoms with Crippen LogP contribution in [0.5, 0.6) is 0 Å². The first-order valence-electron chi connectivity index (χ1n) is 6.60. The van der Waals surface area contributed by atoms with Crippen LogP contribution in [-0.4, -0.2) is 29.1 Å². The van der Waals surface area contributed by atoms with E-state index in [2.05, 4.69) is 37.9 Å². The van der Waals surface area contributed by atoms with Gasteiger partial charge in [0.2, 0.25) is 0 Å². The summed E-state index contributed by atoms with van der Waals surface area (Å²) >= 11 is 5.49. The maximum atomic E-state index is 5.49. The van der Waals surface area contributed by atoms with Crippen molar-refractivity contribution in [3.05, 3.63) is 0 Å². The highest BCUT2D eigenvalue weighted by Gasteiger charge is 2.29. The van der Waals surface area contributed by atoms with E-state index in [-0.39, 0.29) is 0 Å². The van der Waals surface area contributed by atoms with Crippen molar-refractivity contribution in [3.63, 3.8) is 0 Å². The number of nitrogens with one attached hydrogen (secondary N) is 1. The Hall–Kier alpha value is -0.310. The Morgan fingerprint density at radius 3 is 2.69 bits per heavy atom. The van der Waals surface area contributed by atoms with E-state index < -0.39 is 0 Å². The molecule has 0 aliphatic carbocycles. The fourth-order valence-corrected chi connectivity index (χ4v) is 2.80. The van der Waals surface area contributed by atoms with Gasteiger partial charge in [-0.2, -0.15) is 0 Å². The second-order valence-electron chi connectivity index (χ2n) is 5.30. The molecule has 0 aromatic heterocycles.